The smallest absolute Gasteiger partial charge is 0.343 e. The maximum absolute atomic E-state index is 13.6. The second-order valence-corrected chi connectivity index (χ2v) is 9.89. The molecule has 9 nitrogen and oxygen atoms in total. The molecule has 0 spiro atoms. The minimum atomic E-state index is -1.85. The van der Waals surface area contributed by atoms with Crippen LogP contribution < -0.4 is 20.3 Å². The van der Waals surface area contributed by atoms with Gasteiger partial charge in [0.1, 0.15) is 19.8 Å². The fraction of sp³-hybridized carbons (Fsp3) is 0.444. The van der Waals surface area contributed by atoms with E-state index in [-0.39, 0.29) is 18.6 Å². The molecule has 0 aliphatic carbocycles. The van der Waals surface area contributed by atoms with Gasteiger partial charge in [0, 0.05) is 28.6 Å². The Bertz CT molecular complexity index is 1480. The second kappa shape index (κ2) is 8.31. The highest BCUT2D eigenvalue weighted by atomic mass is 16.6. The lowest BCUT2D eigenvalue weighted by molar-refractivity contribution is -0.172. The van der Waals surface area contributed by atoms with E-state index in [9.17, 15) is 14.7 Å². The number of esters is 1. The molecule has 36 heavy (non-hydrogen) atoms. The summed E-state index contributed by atoms with van der Waals surface area (Å²) in [6.07, 6.45) is 0.845. The van der Waals surface area contributed by atoms with Gasteiger partial charge in [-0.15, -0.1) is 0 Å². The predicted molar refractivity (Wildman–Crippen MR) is 132 cm³/mol. The standard InChI is InChI=1S/C27H29N3O6/c1-4-27(33)19-10-21-24-17(12-30(21)25(31)18(19)13-36-26(27)32)15(5-6-28-14(2)3)16-9-22-23(11-20(16)29-24)35-8-7-34-22/h9-11,14,28,33H,4-8,12-13H2,1-3H3/t27-/m0/s1. The van der Waals surface area contributed by atoms with Crippen LogP contribution in [0.5, 0.6) is 11.5 Å². The lowest BCUT2D eigenvalue weighted by Gasteiger charge is -2.31. The van der Waals surface area contributed by atoms with Crippen molar-refractivity contribution in [2.24, 2.45) is 0 Å². The van der Waals surface area contributed by atoms with Crippen molar-refractivity contribution in [1.82, 2.24) is 14.9 Å². The van der Waals surface area contributed by atoms with E-state index in [1.165, 1.54) is 0 Å². The Labute approximate surface area is 208 Å². The largest absolute Gasteiger partial charge is 0.486 e. The van der Waals surface area contributed by atoms with Gasteiger partial charge in [0.2, 0.25) is 0 Å². The molecule has 0 unspecified atom stereocenters. The molecule has 2 N–H and O–H groups in total. The molecule has 2 aromatic heterocycles. The Balaban J connectivity index is 1.58. The van der Waals surface area contributed by atoms with E-state index in [2.05, 4.69) is 19.2 Å². The summed E-state index contributed by atoms with van der Waals surface area (Å²) in [5, 5.41) is 15.6. The highest BCUT2D eigenvalue weighted by Crippen LogP contribution is 2.42. The first-order chi connectivity index (χ1) is 17.3. The number of fused-ring (bicyclic) bond motifs is 6. The van der Waals surface area contributed by atoms with Crippen LogP contribution >= 0.6 is 0 Å². The van der Waals surface area contributed by atoms with Crippen LogP contribution in [0.1, 0.15) is 49.4 Å². The number of cyclic esters (lactones) is 1. The number of aromatic nitrogens is 2. The SMILES string of the molecule is CC[C@@]1(O)C(=O)OCc2c1cc1n(c2=O)Cc2c-1nc1cc3c(cc1c2CCNC(C)C)OCCO3. The third-order valence-electron chi connectivity index (χ3n) is 7.40. The van der Waals surface area contributed by atoms with E-state index in [0.29, 0.717) is 59.8 Å². The van der Waals surface area contributed by atoms with Crippen LogP contribution in [0.25, 0.3) is 22.3 Å². The molecule has 0 bridgehead atoms. The first-order valence-corrected chi connectivity index (χ1v) is 12.5. The van der Waals surface area contributed by atoms with E-state index in [4.69, 9.17) is 19.2 Å². The molecule has 3 aromatic rings. The zero-order valence-corrected chi connectivity index (χ0v) is 20.6. The number of hydrogen-bond acceptors (Lipinski definition) is 8. The molecule has 0 saturated heterocycles. The molecule has 5 heterocycles. The molecular weight excluding hydrogens is 462 g/mol. The normalized spacial score (nSPS) is 19.8. The zero-order valence-electron chi connectivity index (χ0n) is 20.6. The molecule has 1 atom stereocenters. The van der Waals surface area contributed by atoms with Crippen molar-refractivity contribution < 1.29 is 24.1 Å². The maximum atomic E-state index is 13.6. The van der Waals surface area contributed by atoms with Gasteiger partial charge in [0.05, 0.1) is 29.0 Å². The Morgan fingerprint density at radius 1 is 1.11 bits per heavy atom. The summed E-state index contributed by atoms with van der Waals surface area (Å²) in [5.41, 5.74) is 2.63. The lowest BCUT2D eigenvalue weighted by atomic mass is 9.86. The van der Waals surface area contributed by atoms with Gasteiger partial charge in [-0.2, -0.15) is 0 Å². The van der Waals surface area contributed by atoms with Crippen LogP contribution in [0.4, 0.5) is 0 Å². The predicted octanol–water partition coefficient (Wildman–Crippen LogP) is 2.39. The van der Waals surface area contributed by atoms with E-state index in [0.717, 1.165) is 35.0 Å². The fourth-order valence-corrected chi connectivity index (χ4v) is 5.47. The summed E-state index contributed by atoms with van der Waals surface area (Å²) in [6.45, 7) is 7.86. The van der Waals surface area contributed by atoms with E-state index in [1.807, 2.05) is 12.1 Å². The summed E-state index contributed by atoms with van der Waals surface area (Å²) >= 11 is 0. The van der Waals surface area contributed by atoms with Crippen molar-refractivity contribution in [3.8, 4) is 22.9 Å². The molecule has 6 rings (SSSR count). The van der Waals surface area contributed by atoms with Crippen molar-refractivity contribution in [3.05, 3.63) is 50.8 Å². The van der Waals surface area contributed by atoms with Crippen molar-refractivity contribution in [2.75, 3.05) is 19.8 Å². The number of nitrogens with zero attached hydrogens (tertiary/aromatic N) is 2. The highest BCUT2D eigenvalue weighted by Gasteiger charge is 2.45. The zero-order chi connectivity index (χ0) is 25.2. The quantitative estimate of drug-likeness (QED) is 0.410. The molecule has 3 aliphatic rings. The average molecular weight is 492 g/mol. The third kappa shape index (κ3) is 3.33. The number of hydrogen-bond donors (Lipinski definition) is 2. The van der Waals surface area contributed by atoms with E-state index in [1.54, 1.807) is 17.6 Å². The number of carbonyl (C=O) groups is 1. The first kappa shape index (κ1) is 23.0. The fourth-order valence-electron chi connectivity index (χ4n) is 5.47. The summed E-state index contributed by atoms with van der Waals surface area (Å²) in [7, 11) is 0. The average Bonchev–Trinajstić information content (AvgIpc) is 3.23. The lowest BCUT2D eigenvalue weighted by Crippen LogP contribution is -2.44. The number of rotatable bonds is 5. The van der Waals surface area contributed by atoms with Crippen LogP contribution in [0.2, 0.25) is 0 Å². The van der Waals surface area contributed by atoms with Gasteiger partial charge in [0.25, 0.3) is 5.56 Å². The molecule has 9 heteroatoms. The van der Waals surface area contributed by atoms with Gasteiger partial charge in [-0.25, -0.2) is 9.78 Å². The van der Waals surface area contributed by atoms with Crippen LogP contribution in [0.3, 0.4) is 0 Å². The number of nitrogens with one attached hydrogen (secondary N) is 1. The van der Waals surface area contributed by atoms with Crippen LogP contribution in [0.15, 0.2) is 23.0 Å². The van der Waals surface area contributed by atoms with Crippen LogP contribution in [-0.4, -0.2) is 46.4 Å². The monoisotopic (exact) mass is 491 g/mol. The number of carbonyl (C=O) groups excluding carboxylic acids is 1. The van der Waals surface area contributed by atoms with Crippen molar-refractivity contribution in [3.63, 3.8) is 0 Å². The van der Waals surface area contributed by atoms with Crippen molar-refractivity contribution >= 4 is 16.9 Å². The summed E-state index contributed by atoms with van der Waals surface area (Å²) in [5.74, 6) is 0.618. The molecular formula is C27H29N3O6. The molecule has 1 aromatic carbocycles. The molecule has 3 aliphatic heterocycles. The van der Waals surface area contributed by atoms with Gasteiger partial charge in [-0.1, -0.05) is 20.8 Å². The maximum Gasteiger partial charge on any atom is 0.343 e. The summed E-state index contributed by atoms with van der Waals surface area (Å²) in [4.78, 5) is 31.0. The van der Waals surface area contributed by atoms with Crippen LogP contribution in [0, 0.1) is 0 Å². The Morgan fingerprint density at radius 3 is 2.58 bits per heavy atom. The Morgan fingerprint density at radius 2 is 1.86 bits per heavy atom. The van der Waals surface area contributed by atoms with Crippen molar-refractivity contribution in [1.29, 1.82) is 0 Å². The summed E-state index contributed by atoms with van der Waals surface area (Å²) in [6, 6.07) is 5.97. The molecule has 0 amide bonds. The van der Waals surface area contributed by atoms with Gasteiger partial charge < -0.3 is 29.2 Å². The highest BCUT2D eigenvalue weighted by molar-refractivity contribution is 5.91. The van der Waals surface area contributed by atoms with Gasteiger partial charge in [-0.3, -0.25) is 4.79 Å². The third-order valence-corrected chi connectivity index (χ3v) is 7.40. The number of pyridine rings is 2. The number of ether oxygens (including phenoxy) is 3. The first-order valence-electron chi connectivity index (χ1n) is 12.5. The molecule has 0 radical (unpaired) electrons. The minimum absolute atomic E-state index is 0.106. The topological polar surface area (TPSA) is 112 Å². The van der Waals surface area contributed by atoms with Crippen molar-refractivity contribution in [2.45, 2.75) is 58.4 Å². The van der Waals surface area contributed by atoms with E-state index < -0.39 is 11.6 Å². The number of benzene rings is 1. The van der Waals surface area contributed by atoms with Gasteiger partial charge >= 0.3 is 5.97 Å². The molecule has 0 saturated carbocycles. The number of aliphatic hydroxyl groups is 1. The minimum Gasteiger partial charge on any atom is -0.486 e. The Kier molecular flexibility index (Phi) is 5.31. The second-order valence-electron chi connectivity index (χ2n) is 9.89. The van der Waals surface area contributed by atoms with E-state index >= 15 is 0 Å². The molecule has 188 valence electrons. The summed E-state index contributed by atoms with van der Waals surface area (Å²) < 4.78 is 18.5. The Hall–Kier alpha value is -3.43. The van der Waals surface area contributed by atoms with Crippen LogP contribution in [-0.2, 0) is 34.7 Å². The van der Waals surface area contributed by atoms with Gasteiger partial charge in [-0.05, 0) is 37.1 Å². The van der Waals surface area contributed by atoms with Gasteiger partial charge in [0.15, 0.2) is 17.1 Å². The molecule has 0 fully saturated rings.